The van der Waals surface area contributed by atoms with E-state index in [4.69, 9.17) is 14.2 Å². The first kappa shape index (κ1) is 19.7. The molecule has 0 radical (unpaired) electrons. The summed E-state index contributed by atoms with van der Waals surface area (Å²) in [4.78, 5) is 40.4. The Morgan fingerprint density at radius 1 is 1.29 bits per heavy atom. The number of hydrogen-bond donors (Lipinski definition) is 0. The number of hydrogen-bond acceptors (Lipinski definition) is 8. The molecule has 1 fully saturated rings. The molecule has 0 N–H and O–H groups in total. The fourth-order valence-corrected chi connectivity index (χ4v) is 3.39. The third-order valence-corrected chi connectivity index (χ3v) is 4.82. The number of carbonyl (C=O) groups is 2. The van der Waals surface area contributed by atoms with Gasteiger partial charge in [-0.05, 0) is 26.3 Å². The molecule has 2 heterocycles. The van der Waals surface area contributed by atoms with Crippen molar-refractivity contribution in [3.8, 4) is 0 Å². The van der Waals surface area contributed by atoms with Crippen LogP contribution in [0.25, 0.3) is 0 Å². The molecule has 1 aromatic rings. The summed E-state index contributed by atoms with van der Waals surface area (Å²) in [5, 5.41) is 11.2. The number of aliphatic imine (C=N–C) groups is 1. The van der Waals surface area contributed by atoms with Crippen molar-refractivity contribution in [3.63, 3.8) is 0 Å². The van der Waals surface area contributed by atoms with Gasteiger partial charge in [0.25, 0.3) is 5.69 Å². The Morgan fingerprint density at radius 3 is 2.54 bits per heavy atom. The monoisotopic (exact) mass is 388 g/mol. The van der Waals surface area contributed by atoms with E-state index in [0.29, 0.717) is 17.0 Å². The van der Waals surface area contributed by atoms with Gasteiger partial charge in [0, 0.05) is 29.5 Å². The first-order valence-corrected chi connectivity index (χ1v) is 8.69. The van der Waals surface area contributed by atoms with Crippen LogP contribution in [0.1, 0.15) is 32.3 Å². The fraction of sp³-hybridized carbons (Fsp3) is 0.421. The van der Waals surface area contributed by atoms with Crippen molar-refractivity contribution in [1.29, 1.82) is 0 Å². The van der Waals surface area contributed by atoms with Crippen LogP contribution in [0, 0.1) is 16.0 Å². The first-order chi connectivity index (χ1) is 13.2. The second kappa shape index (κ2) is 7.51. The number of nitrogens with zero attached hydrogens (tertiary/aromatic N) is 2. The van der Waals surface area contributed by atoms with Gasteiger partial charge in [-0.25, -0.2) is 4.79 Å². The van der Waals surface area contributed by atoms with Gasteiger partial charge in [-0.2, -0.15) is 0 Å². The normalized spacial score (nSPS) is 26.4. The lowest BCUT2D eigenvalue weighted by Crippen LogP contribution is -2.36. The van der Waals surface area contributed by atoms with Gasteiger partial charge in [-0.15, -0.1) is 0 Å². The van der Waals surface area contributed by atoms with Crippen molar-refractivity contribution in [3.05, 3.63) is 51.2 Å². The first-order valence-electron chi connectivity index (χ1n) is 8.69. The van der Waals surface area contributed by atoms with Gasteiger partial charge in [0.05, 0.1) is 17.6 Å². The second-order valence-corrected chi connectivity index (χ2v) is 6.70. The number of benzene rings is 1. The van der Waals surface area contributed by atoms with E-state index >= 15 is 0 Å². The topological polar surface area (TPSA) is 121 Å². The fourth-order valence-electron chi connectivity index (χ4n) is 3.39. The summed E-state index contributed by atoms with van der Waals surface area (Å²) < 4.78 is 15.4. The van der Waals surface area contributed by atoms with Crippen molar-refractivity contribution < 1.29 is 28.7 Å². The number of non-ortho nitro benzene ring substituents is 1. The van der Waals surface area contributed by atoms with Crippen LogP contribution >= 0.6 is 0 Å². The predicted octanol–water partition coefficient (Wildman–Crippen LogP) is 2.50. The van der Waals surface area contributed by atoms with Gasteiger partial charge >= 0.3 is 11.9 Å². The van der Waals surface area contributed by atoms with Crippen molar-refractivity contribution in [2.45, 2.75) is 39.1 Å². The summed E-state index contributed by atoms with van der Waals surface area (Å²) >= 11 is 0. The molecule has 0 spiro atoms. The molecule has 0 bridgehead atoms. The van der Waals surface area contributed by atoms with E-state index in [-0.39, 0.29) is 17.4 Å². The maximum absolute atomic E-state index is 12.9. The number of methoxy groups -OCH3 is 1. The number of epoxide rings is 1. The third kappa shape index (κ3) is 3.65. The van der Waals surface area contributed by atoms with E-state index in [1.165, 1.54) is 25.3 Å². The molecule has 1 saturated heterocycles. The smallest absolute Gasteiger partial charge is 0.338 e. The number of nitro groups is 1. The Bertz CT molecular complexity index is 905. The molecule has 0 aromatic heterocycles. The molecule has 2 aliphatic heterocycles. The van der Waals surface area contributed by atoms with Crippen LogP contribution in [-0.4, -0.2) is 42.1 Å². The molecule has 9 nitrogen and oxygen atoms in total. The zero-order valence-corrected chi connectivity index (χ0v) is 15.9. The number of nitro benzene ring substituents is 1. The molecule has 148 valence electrons. The highest BCUT2D eigenvalue weighted by Crippen LogP contribution is 2.41. The molecule has 0 saturated carbocycles. The summed E-state index contributed by atoms with van der Waals surface area (Å²) in [6.45, 7) is 5.05. The summed E-state index contributed by atoms with van der Waals surface area (Å²) in [7, 11) is 1.24. The maximum Gasteiger partial charge on any atom is 0.338 e. The Balaban J connectivity index is 2.11. The van der Waals surface area contributed by atoms with Gasteiger partial charge in [0.1, 0.15) is 12.0 Å². The lowest BCUT2D eigenvalue weighted by Gasteiger charge is -2.31. The van der Waals surface area contributed by atoms with E-state index in [9.17, 15) is 19.7 Å². The molecule has 0 amide bonds. The molecular formula is C19H20N2O7. The van der Waals surface area contributed by atoms with Gasteiger partial charge in [-0.3, -0.25) is 19.9 Å². The Kier molecular flexibility index (Phi) is 5.28. The standard InChI is InChI=1S/C19H20N2O7/c1-9-14(17(22)26-4)16(12-6-5-7-13(8-12)21(24)25)15(10(2)20-9)18(23)28-19-11(3)27-19/h5-8,11,14,16,19H,1-4H3. The van der Waals surface area contributed by atoms with Crippen LogP contribution < -0.4 is 0 Å². The molecule has 0 aliphatic carbocycles. The van der Waals surface area contributed by atoms with Crippen LogP contribution in [0.4, 0.5) is 5.69 Å². The molecule has 2 aliphatic rings. The molecule has 1 aromatic carbocycles. The van der Waals surface area contributed by atoms with Crippen LogP contribution in [0.3, 0.4) is 0 Å². The van der Waals surface area contributed by atoms with Gasteiger partial charge in [-0.1, -0.05) is 12.1 Å². The third-order valence-electron chi connectivity index (χ3n) is 4.82. The van der Waals surface area contributed by atoms with Gasteiger partial charge in [0.2, 0.25) is 6.29 Å². The highest BCUT2D eigenvalue weighted by Gasteiger charge is 2.45. The van der Waals surface area contributed by atoms with E-state index in [0.717, 1.165) is 0 Å². The van der Waals surface area contributed by atoms with E-state index in [1.807, 2.05) is 0 Å². The summed E-state index contributed by atoms with van der Waals surface area (Å²) in [5.74, 6) is -3.00. The van der Waals surface area contributed by atoms with Crippen molar-refractivity contribution in [1.82, 2.24) is 0 Å². The zero-order chi connectivity index (χ0) is 20.6. The van der Waals surface area contributed by atoms with Crippen molar-refractivity contribution in [2.24, 2.45) is 10.9 Å². The lowest BCUT2D eigenvalue weighted by atomic mass is 9.75. The van der Waals surface area contributed by atoms with Crippen LogP contribution in [-0.2, 0) is 23.8 Å². The Hall–Kier alpha value is -3.07. The SMILES string of the molecule is COC(=O)C1C(C)=NC(C)=C(C(=O)OC2OC2C)C1c1cccc([N+](=O)[O-])c1. The number of rotatable bonds is 5. The average molecular weight is 388 g/mol. The highest BCUT2D eigenvalue weighted by atomic mass is 16.8. The Morgan fingerprint density at radius 2 is 1.96 bits per heavy atom. The van der Waals surface area contributed by atoms with Crippen LogP contribution in [0.5, 0.6) is 0 Å². The van der Waals surface area contributed by atoms with Gasteiger partial charge in [0.15, 0.2) is 0 Å². The maximum atomic E-state index is 12.9. The van der Waals surface area contributed by atoms with Gasteiger partial charge < -0.3 is 14.2 Å². The number of allylic oxidation sites excluding steroid dienone is 1. The average Bonchev–Trinajstić information content (AvgIpc) is 3.34. The predicted molar refractivity (Wildman–Crippen MR) is 97.6 cm³/mol. The quantitative estimate of drug-likeness (QED) is 0.329. The van der Waals surface area contributed by atoms with Crippen LogP contribution in [0.15, 0.2) is 40.5 Å². The minimum atomic E-state index is -0.907. The van der Waals surface area contributed by atoms with Crippen LogP contribution in [0.2, 0.25) is 0 Å². The largest absolute Gasteiger partial charge is 0.468 e. The van der Waals surface area contributed by atoms with E-state index in [2.05, 4.69) is 4.99 Å². The molecule has 9 heteroatoms. The molecule has 28 heavy (non-hydrogen) atoms. The number of esters is 2. The minimum Gasteiger partial charge on any atom is -0.468 e. The summed E-state index contributed by atoms with van der Waals surface area (Å²) in [5.41, 5.74) is 1.27. The molecule has 4 unspecified atom stereocenters. The molecule has 4 atom stereocenters. The zero-order valence-electron chi connectivity index (χ0n) is 15.9. The highest BCUT2D eigenvalue weighted by molar-refractivity contribution is 6.07. The van der Waals surface area contributed by atoms with Crippen molar-refractivity contribution >= 4 is 23.3 Å². The molecule has 3 rings (SSSR count). The Labute approximate surface area is 161 Å². The second-order valence-electron chi connectivity index (χ2n) is 6.70. The van der Waals surface area contributed by atoms with E-state index in [1.54, 1.807) is 26.8 Å². The van der Waals surface area contributed by atoms with E-state index < -0.39 is 35.0 Å². The van der Waals surface area contributed by atoms with Crippen molar-refractivity contribution in [2.75, 3.05) is 7.11 Å². The molecular weight excluding hydrogens is 368 g/mol. The summed E-state index contributed by atoms with van der Waals surface area (Å²) in [6.07, 6.45) is -0.853. The lowest BCUT2D eigenvalue weighted by molar-refractivity contribution is -0.384. The number of carbonyl (C=O) groups excluding carboxylic acids is 2. The summed E-state index contributed by atoms with van der Waals surface area (Å²) in [6, 6.07) is 5.82. The minimum absolute atomic E-state index is 0.147. The number of ether oxygens (including phenoxy) is 3.